The molecule has 31 heavy (non-hydrogen) atoms. The summed E-state index contributed by atoms with van der Waals surface area (Å²) in [6, 6.07) is 8.53. The Labute approximate surface area is 189 Å². The molecule has 0 saturated heterocycles. The van der Waals surface area contributed by atoms with Gasteiger partial charge in [0.15, 0.2) is 0 Å². The molecular formula is C21H22BrN5O3S. The van der Waals surface area contributed by atoms with Crippen molar-refractivity contribution in [2.75, 3.05) is 11.4 Å². The molecule has 2 aliphatic heterocycles. The molecule has 1 amide bonds. The lowest BCUT2D eigenvalue weighted by Crippen LogP contribution is -2.52. The summed E-state index contributed by atoms with van der Waals surface area (Å²) in [5, 5.41) is 0. The first kappa shape index (κ1) is 20.6. The van der Waals surface area contributed by atoms with Gasteiger partial charge in [0, 0.05) is 17.3 Å². The van der Waals surface area contributed by atoms with E-state index in [1.54, 1.807) is 23.2 Å². The Morgan fingerprint density at radius 1 is 1.29 bits per heavy atom. The summed E-state index contributed by atoms with van der Waals surface area (Å²) in [4.78, 5) is 26.1. The molecule has 1 aromatic heterocycles. The monoisotopic (exact) mass is 503 g/mol. The maximum Gasteiger partial charge on any atom is 0.263 e. The molecule has 1 N–H and O–H groups in total. The summed E-state index contributed by atoms with van der Waals surface area (Å²) in [5.41, 5.74) is 1.50. The standard InChI is InChI=1S/C21H22BrN5O3S/c1-13-11-24-20-26(12-14-4-3-9-23-18(14)22)19(28)16-10-15(5-6-17(16)27(13)20)31(29,30)25-21(2)7-8-21/h3-6,9-10,13,25H,7-8,11-12H2,1-2H3/t13-/m1/s1. The Morgan fingerprint density at radius 3 is 2.77 bits per heavy atom. The molecule has 1 saturated carbocycles. The lowest BCUT2D eigenvalue weighted by atomic mass is 10.1. The second kappa shape index (κ2) is 7.11. The molecule has 3 aliphatic rings. The number of benzene rings is 1. The number of aromatic nitrogens is 1. The Hall–Kier alpha value is -2.30. The van der Waals surface area contributed by atoms with Gasteiger partial charge in [-0.05, 0) is 66.9 Å². The number of hydrogen-bond acceptors (Lipinski definition) is 6. The van der Waals surface area contributed by atoms with E-state index < -0.39 is 10.0 Å². The number of halogens is 1. The zero-order valence-electron chi connectivity index (χ0n) is 17.2. The average molecular weight is 504 g/mol. The number of pyridine rings is 1. The molecule has 10 heteroatoms. The van der Waals surface area contributed by atoms with Gasteiger partial charge in [-0.2, -0.15) is 0 Å². The SMILES string of the molecule is C[C@@H]1CN=C2N(Cc3cccnc3Br)C(=O)c3cc(S(=O)(=O)NC4(C)CC4)ccc3N21. The quantitative estimate of drug-likeness (QED) is 0.632. The number of rotatable bonds is 5. The fraction of sp³-hybridized carbons (Fsp3) is 0.381. The van der Waals surface area contributed by atoms with Gasteiger partial charge in [0.1, 0.15) is 4.60 Å². The Balaban J connectivity index is 1.56. The normalized spacial score (nSPS) is 21.6. The van der Waals surface area contributed by atoms with E-state index >= 15 is 0 Å². The first-order valence-corrected chi connectivity index (χ1v) is 12.4. The van der Waals surface area contributed by atoms with E-state index in [9.17, 15) is 13.2 Å². The molecule has 1 aromatic carbocycles. The van der Waals surface area contributed by atoms with Crippen LogP contribution >= 0.6 is 15.9 Å². The number of hydrogen-bond donors (Lipinski definition) is 1. The van der Waals surface area contributed by atoms with Crippen molar-refractivity contribution in [2.45, 2.75) is 49.7 Å². The van der Waals surface area contributed by atoms with Crippen LogP contribution in [-0.4, -0.2) is 48.3 Å². The van der Waals surface area contributed by atoms with Crippen molar-refractivity contribution in [1.29, 1.82) is 0 Å². The molecular weight excluding hydrogens is 482 g/mol. The summed E-state index contributed by atoms with van der Waals surface area (Å²) in [6.45, 7) is 4.76. The highest BCUT2D eigenvalue weighted by atomic mass is 79.9. The largest absolute Gasteiger partial charge is 0.307 e. The van der Waals surface area contributed by atoms with Crippen LogP contribution in [0.25, 0.3) is 0 Å². The average Bonchev–Trinajstić information content (AvgIpc) is 3.31. The lowest BCUT2D eigenvalue weighted by molar-refractivity contribution is 0.0832. The fourth-order valence-corrected chi connectivity index (χ4v) is 5.82. The van der Waals surface area contributed by atoms with Crippen LogP contribution in [0.15, 0.2) is 51.0 Å². The maximum absolute atomic E-state index is 13.5. The van der Waals surface area contributed by atoms with Crippen molar-refractivity contribution in [3.63, 3.8) is 0 Å². The molecule has 0 bridgehead atoms. The van der Waals surface area contributed by atoms with Gasteiger partial charge in [0.2, 0.25) is 16.0 Å². The van der Waals surface area contributed by atoms with Crippen LogP contribution in [0.3, 0.4) is 0 Å². The van der Waals surface area contributed by atoms with E-state index in [0.717, 1.165) is 18.4 Å². The van der Waals surface area contributed by atoms with Crippen LogP contribution in [0.2, 0.25) is 0 Å². The number of aliphatic imine (C=N–C) groups is 1. The van der Waals surface area contributed by atoms with Crippen molar-refractivity contribution < 1.29 is 13.2 Å². The molecule has 1 fully saturated rings. The molecule has 1 atom stereocenters. The number of nitrogens with zero attached hydrogens (tertiary/aromatic N) is 4. The first-order chi connectivity index (χ1) is 14.7. The summed E-state index contributed by atoms with van der Waals surface area (Å²) >= 11 is 3.44. The highest BCUT2D eigenvalue weighted by Crippen LogP contribution is 2.38. The van der Waals surface area contributed by atoms with Crippen LogP contribution in [0.1, 0.15) is 42.6 Å². The van der Waals surface area contributed by atoms with Gasteiger partial charge in [-0.25, -0.2) is 18.1 Å². The Morgan fingerprint density at radius 2 is 2.06 bits per heavy atom. The highest BCUT2D eigenvalue weighted by Gasteiger charge is 2.43. The van der Waals surface area contributed by atoms with Gasteiger partial charge in [-0.3, -0.25) is 14.7 Å². The first-order valence-electron chi connectivity index (χ1n) is 10.1. The molecule has 0 spiro atoms. The predicted octanol–water partition coefficient (Wildman–Crippen LogP) is 2.90. The number of nitrogens with one attached hydrogen (secondary N) is 1. The summed E-state index contributed by atoms with van der Waals surface area (Å²) < 4.78 is 29.2. The fourth-order valence-electron chi connectivity index (χ4n) is 3.95. The van der Waals surface area contributed by atoms with E-state index in [1.807, 2.05) is 30.9 Å². The topological polar surface area (TPSA) is 95.0 Å². The number of fused-ring (bicyclic) bond motifs is 3. The summed E-state index contributed by atoms with van der Waals surface area (Å²) in [6.07, 6.45) is 3.30. The number of anilines is 1. The van der Waals surface area contributed by atoms with Crippen LogP contribution < -0.4 is 9.62 Å². The second-order valence-electron chi connectivity index (χ2n) is 8.55. The van der Waals surface area contributed by atoms with Crippen molar-refractivity contribution >= 4 is 43.5 Å². The molecule has 0 radical (unpaired) electrons. The van der Waals surface area contributed by atoms with Gasteiger partial charge >= 0.3 is 0 Å². The smallest absolute Gasteiger partial charge is 0.263 e. The van der Waals surface area contributed by atoms with Gasteiger partial charge in [-0.1, -0.05) is 6.07 Å². The van der Waals surface area contributed by atoms with E-state index in [0.29, 0.717) is 28.4 Å². The second-order valence-corrected chi connectivity index (χ2v) is 11.0. The van der Waals surface area contributed by atoms with Gasteiger partial charge in [0.05, 0.1) is 35.3 Å². The van der Waals surface area contributed by atoms with Crippen LogP contribution in [0.4, 0.5) is 5.69 Å². The Bertz CT molecular complexity index is 1230. The van der Waals surface area contributed by atoms with Crippen LogP contribution in [0.5, 0.6) is 0 Å². The number of carbonyl (C=O) groups is 1. The highest BCUT2D eigenvalue weighted by molar-refractivity contribution is 9.10. The predicted molar refractivity (Wildman–Crippen MR) is 120 cm³/mol. The Kier molecular flexibility index (Phi) is 4.72. The molecule has 162 valence electrons. The van der Waals surface area contributed by atoms with E-state index in [-0.39, 0.29) is 28.9 Å². The van der Waals surface area contributed by atoms with Crippen molar-refractivity contribution in [3.05, 3.63) is 52.3 Å². The van der Waals surface area contributed by atoms with Gasteiger partial charge in [0.25, 0.3) is 5.91 Å². The third-order valence-electron chi connectivity index (χ3n) is 5.95. The van der Waals surface area contributed by atoms with E-state index in [1.165, 1.54) is 6.07 Å². The minimum atomic E-state index is -3.72. The molecule has 1 aliphatic carbocycles. The number of sulfonamides is 1. The molecule has 5 rings (SSSR count). The molecule has 8 nitrogen and oxygen atoms in total. The number of amides is 1. The molecule has 0 unspecified atom stereocenters. The van der Waals surface area contributed by atoms with Crippen LogP contribution in [0, 0.1) is 0 Å². The zero-order valence-corrected chi connectivity index (χ0v) is 19.6. The van der Waals surface area contributed by atoms with Gasteiger partial charge < -0.3 is 4.90 Å². The number of guanidine groups is 1. The minimum Gasteiger partial charge on any atom is -0.307 e. The summed E-state index contributed by atoms with van der Waals surface area (Å²) in [5.74, 6) is 0.310. The van der Waals surface area contributed by atoms with E-state index in [2.05, 4.69) is 30.6 Å². The van der Waals surface area contributed by atoms with Gasteiger partial charge in [-0.15, -0.1) is 0 Å². The summed E-state index contributed by atoms with van der Waals surface area (Å²) in [7, 11) is -3.72. The van der Waals surface area contributed by atoms with E-state index in [4.69, 9.17) is 0 Å². The van der Waals surface area contributed by atoms with Crippen molar-refractivity contribution in [1.82, 2.24) is 14.6 Å². The van der Waals surface area contributed by atoms with Crippen molar-refractivity contribution in [3.8, 4) is 0 Å². The lowest BCUT2D eigenvalue weighted by Gasteiger charge is -2.38. The molecule has 2 aromatic rings. The third kappa shape index (κ3) is 3.56. The van der Waals surface area contributed by atoms with Crippen LogP contribution in [-0.2, 0) is 16.6 Å². The zero-order chi connectivity index (χ0) is 22.0. The molecule has 3 heterocycles. The third-order valence-corrected chi connectivity index (χ3v) is 8.30. The maximum atomic E-state index is 13.5. The van der Waals surface area contributed by atoms with Crippen molar-refractivity contribution in [2.24, 2.45) is 4.99 Å². The number of carbonyl (C=O) groups excluding carboxylic acids is 1. The minimum absolute atomic E-state index is 0.0626.